The number of para-hydroxylation sites is 1. The molecule has 0 unspecified atom stereocenters. The molecule has 0 aliphatic carbocycles. The summed E-state index contributed by atoms with van der Waals surface area (Å²) in [6.07, 6.45) is 3.05. The molecule has 1 saturated heterocycles. The van der Waals surface area contributed by atoms with E-state index >= 15 is 0 Å². The molecule has 1 aromatic heterocycles. The molecule has 1 aliphatic rings. The number of hydrogen-bond donors (Lipinski definition) is 3. The highest BCUT2D eigenvalue weighted by molar-refractivity contribution is 7.89. The molecule has 208 valence electrons. The van der Waals surface area contributed by atoms with Gasteiger partial charge in [-0.3, -0.25) is 0 Å². The van der Waals surface area contributed by atoms with Gasteiger partial charge in [0.05, 0.1) is 12.0 Å². The van der Waals surface area contributed by atoms with E-state index in [1.807, 2.05) is 24.3 Å². The minimum Gasteiger partial charge on any atom is -0.496 e. The average molecular weight is 563 g/mol. The van der Waals surface area contributed by atoms with Crippen LogP contribution in [-0.4, -0.2) is 48.9 Å². The van der Waals surface area contributed by atoms with E-state index in [9.17, 15) is 12.8 Å². The Morgan fingerprint density at radius 3 is 2.33 bits per heavy atom. The van der Waals surface area contributed by atoms with Gasteiger partial charge in [0.15, 0.2) is 0 Å². The van der Waals surface area contributed by atoms with Crippen molar-refractivity contribution in [1.82, 2.24) is 19.6 Å². The van der Waals surface area contributed by atoms with Crippen LogP contribution in [0.15, 0.2) is 90.0 Å². The Hall–Kier alpha value is -4.06. The van der Waals surface area contributed by atoms with Gasteiger partial charge in [-0.15, -0.1) is 0 Å². The third kappa shape index (κ3) is 6.74. The average Bonchev–Trinajstić information content (AvgIpc) is 2.98. The number of ether oxygens (including phenoxy) is 1. The Bertz CT molecular complexity index is 1530. The van der Waals surface area contributed by atoms with Crippen molar-refractivity contribution in [3.63, 3.8) is 0 Å². The summed E-state index contributed by atoms with van der Waals surface area (Å²) >= 11 is 0. The first-order valence-electron chi connectivity index (χ1n) is 13.0. The standard InChI is InChI=1S/C29H31FN6O3S/c1-39-27-5-3-2-4-21(27)20-32-23-15-18-36(19-16-23)40(37,38)26-12-10-25(11-13-26)34-29-31-17-14-28(35-29)33-24-8-6-22(30)7-9-24/h2-14,17,23,32H,15-16,18-20H2,1H3,(H2,31,33,34,35). The molecule has 3 aromatic carbocycles. The zero-order valence-electron chi connectivity index (χ0n) is 22.0. The maximum Gasteiger partial charge on any atom is 0.243 e. The topological polar surface area (TPSA) is 108 Å². The van der Waals surface area contributed by atoms with Crippen molar-refractivity contribution in [2.24, 2.45) is 0 Å². The van der Waals surface area contributed by atoms with Gasteiger partial charge < -0.3 is 20.7 Å². The molecule has 1 aliphatic heterocycles. The Kier molecular flexibility index (Phi) is 8.54. The van der Waals surface area contributed by atoms with Gasteiger partial charge in [-0.2, -0.15) is 9.29 Å². The molecule has 3 N–H and O–H groups in total. The lowest BCUT2D eigenvalue weighted by atomic mass is 10.1. The zero-order chi connectivity index (χ0) is 28.0. The largest absolute Gasteiger partial charge is 0.496 e. The first kappa shape index (κ1) is 27.5. The van der Waals surface area contributed by atoms with Crippen LogP contribution in [0.4, 0.5) is 27.5 Å². The van der Waals surface area contributed by atoms with Crippen LogP contribution in [0, 0.1) is 5.82 Å². The fraction of sp³-hybridized carbons (Fsp3) is 0.241. The molecule has 0 amide bonds. The van der Waals surface area contributed by atoms with E-state index in [2.05, 4.69) is 25.9 Å². The highest BCUT2D eigenvalue weighted by Gasteiger charge is 2.29. The number of sulfonamides is 1. The number of hydrogen-bond acceptors (Lipinski definition) is 8. The zero-order valence-corrected chi connectivity index (χ0v) is 22.9. The minimum atomic E-state index is -3.61. The smallest absolute Gasteiger partial charge is 0.243 e. The summed E-state index contributed by atoms with van der Waals surface area (Å²) in [5, 5.41) is 9.72. The lowest BCUT2D eigenvalue weighted by molar-refractivity contribution is 0.287. The Morgan fingerprint density at radius 1 is 0.925 bits per heavy atom. The molecule has 4 aromatic rings. The molecule has 40 heavy (non-hydrogen) atoms. The van der Waals surface area contributed by atoms with E-state index in [0.717, 1.165) is 24.2 Å². The second kappa shape index (κ2) is 12.4. The van der Waals surface area contributed by atoms with Crippen molar-refractivity contribution in [2.45, 2.75) is 30.3 Å². The monoisotopic (exact) mass is 562 g/mol. The maximum absolute atomic E-state index is 13.3. The third-order valence-corrected chi connectivity index (χ3v) is 8.66. The Balaban J connectivity index is 1.15. The number of nitrogens with one attached hydrogen (secondary N) is 3. The number of piperidine rings is 1. The lowest BCUT2D eigenvalue weighted by Crippen LogP contribution is -2.44. The van der Waals surface area contributed by atoms with Gasteiger partial charge >= 0.3 is 0 Å². The van der Waals surface area contributed by atoms with Crippen molar-refractivity contribution in [2.75, 3.05) is 30.8 Å². The summed E-state index contributed by atoms with van der Waals surface area (Å²) in [6, 6.07) is 22.3. The molecule has 5 rings (SSSR count). The molecular weight excluding hydrogens is 531 g/mol. The molecule has 0 atom stereocenters. The highest BCUT2D eigenvalue weighted by Crippen LogP contribution is 2.24. The number of anilines is 4. The Morgan fingerprint density at radius 2 is 1.60 bits per heavy atom. The SMILES string of the molecule is COc1ccccc1CNC1CCN(S(=O)(=O)c2ccc(Nc3nccc(Nc4ccc(F)cc4)n3)cc2)CC1. The summed E-state index contributed by atoms with van der Waals surface area (Å²) in [5.41, 5.74) is 2.42. The fourth-order valence-electron chi connectivity index (χ4n) is 4.56. The van der Waals surface area contributed by atoms with E-state index in [4.69, 9.17) is 4.74 Å². The van der Waals surface area contributed by atoms with Crippen LogP contribution >= 0.6 is 0 Å². The molecule has 9 nitrogen and oxygen atoms in total. The van der Waals surface area contributed by atoms with Gasteiger partial charge in [-0.25, -0.2) is 17.8 Å². The molecule has 0 saturated carbocycles. The van der Waals surface area contributed by atoms with Crippen molar-refractivity contribution < 1.29 is 17.5 Å². The quantitative estimate of drug-likeness (QED) is 0.246. The van der Waals surface area contributed by atoms with Gasteiger partial charge in [0, 0.05) is 48.8 Å². The summed E-state index contributed by atoms with van der Waals surface area (Å²) in [6.45, 7) is 1.58. The van der Waals surface area contributed by atoms with Gasteiger partial charge in [0.25, 0.3) is 0 Å². The number of methoxy groups -OCH3 is 1. The summed E-state index contributed by atoms with van der Waals surface area (Å²) in [5.74, 6) is 1.39. The third-order valence-electron chi connectivity index (χ3n) is 6.75. The second-order valence-corrected chi connectivity index (χ2v) is 11.4. The highest BCUT2D eigenvalue weighted by atomic mass is 32.2. The van der Waals surface area contributed by atoms with Crippen molar-refractivity contribution in [1.29, 1.82) is 0 Å². The maximum atomic E-state index is 13.3. The van der Waals surface area contributed by atoms with E-state index < -0.39 is 10.0 Å². The molecule has 0 spiro atoms. The lowest BCUT2D eigenvalue weighted by Gasteiger charge is -2.32. The first-order valence-corrected chi connectivity index (χ1v) is 14.4. The van der Waals surface area contributed by atoms with Gasteiger partial charge in [-0.1, -0.05) is 18.2 Å². The van der Waals surface area contributed by atoms with Crippen LogP contribution in [0.1, 0.15) is 18.4 Å². The van der Waals surface area contributed by atoms with Crippen molar-refractivity contribution >= 4 is 33.2 Å². The predicted molar refractivity (Wildman–Crippen MR) is 153 cm³/mol. The molecule has 11 heteroatoms. The van der Waals surface area contributed by atoms with Crippen LogP contribution in [0.25, 0.3) is 0 Å². The van der Waals surface area contributed by atoms with Crippen LogP contribution in [0.3, 0.4) is 0 Å². The molecular formula is C29H31FN6O3S. The Labute approximate surface area is 233 Å². The molecule has 2 heterocycles. The van der Waals surface area contributed by atoms with Crippen LogP contribution in [-0.2, 0) is 16.6 Å². The predicted octanol–water partition coefficient (Wildman–Crippen LogP) is 5.05. The van der Waals surface area contributed by atoms with Crippen LogP contribution in [0.5, 0.6) is 5.75 Å². The number of nitrogens with zero attached hydrogens (tertiary/aromatic N) is 3. The molecule has 0 radical (unpaired) electrons. The number of aromatic nitrogens is 2. The summed E-state index contributed by atoms with van der Waals surface area (Å²) in [7, 11) is -1.95. The summed E-state index contributed by atoms with van der Waals surface area (Å²) in [4.78, 5) is 8.88. The van der Waals surface area contributed by atoms with Gasteiger partial charge in [0.2, 0.25) is 16.0 Å². The molecule has 0 bridgehead atoms. The van der Waals surface area contributed by atoms with E-state index in [1.165, 1.54) is 12.1 Å². The summed E-state index contributed by atoms with van der Waals surface area (Å²) < 4.78 is 46.7. The second-order valence-electron chi connectivity index (χ2n) is 9.42. The first-order chi connectivity index (χ1) is 19.4. The van der Waals surface area contributed by atoms with Gasteiger partial charge in [-0.05, 0) is 73.5 Å². The van der Waals surface area contributed by atoms with Gasteiger partial charge in [0.1, 0.15) is 17.4 Å². The van der Waals surface area contributed by atoms with E-state index in [0.29, 0.717) is 42.8 Å². The van der Waals surface area contributed by atoms with E-state index in [-0.39, 0.29) is 16.8 Å². The number of benzene rings is 3. The van der Waals surface area contributed by atoms with Crippen molar-refractivity contribution in [3.05, 3.63) is 96.4 Å². The van der Waals surface area contributed by atoms with Crippen LogP contribution in [0.2, 0.25) is 0 Å². The number of rotatable bonds is 10. The number of halogens is 1. The molecule has 1 fully saturated rings. The van der Waals surface area contributed by atoms with E-state index in [1.54, 1.807) is 60.1 Å². The van der Waals surface area contributed by atoms with Crippen molar-refractivity contribution in [3.8, 4) is 5.75 Å². The normalized spacial score (nSPS) is 14.6. The minimum absolute atomic E-state index is 0.233. The van der Waals surface area contributed by atoms with Crippen LogP contribution < -0.4 is 20.7 Å². The fourth-order valence-corrected chi connectivity index (χ4v) is 6.03.